The van der Waals surface area contributed by atoms with Crippen LogP contribution in [0.15, 0.2) is 23.6 Å². The molecule has 140 valence electrons. The van der Waals surface area contributed by atoms with Crippen LogP contribution in [0, 0.1) is 6.92 Å². The van der Waals surface area contributed by atoms with Crippen molar-refractivity contribution >= 4 is 28.1 Å². The Hall–Kier alpha value is -2.25. The number of fused-ring (bicyclic) bond motifs is 3. The van der Waals surface area contributed by atoms with Crippen LogP contribution < -0.4 is 5.32 Å². The molecule has 2 saturated heterocycles. The van der Waals surface area contributed by atoms with Crippen molar-refractivity contribution in [3.63, 3.8) is 0 Å². The Labute approximate surface area is 162 Å². The molecule has 6 nitrogen and oxygen atoms in total. The van der Waals surface area contributed by atoms with E-state index in [1.165, 1.54) is 12.8 Å². The van der Waals surface area contributed by atoms with Gasteiger partial charge in [0.2, 0.25) is 0 Å². The molecule has 0 saturated carbocycles. The number of hydrogen-bond acceptors (Lipinski definition) is 5. The van der Waals surface area contributed by atoms with Gasteiger partial charge in [0.15, 0.2) is 5.69 Å². The number of nitrogens with zero attached hydrogens (tertiary/aromatic N) is 3. The van der Waals surface area contributed by atoms with Gasteiger partial charge in [-0.1, -0.05) is 6.07 Å². The van der Waals surface area contributed by atoms with Gasteiger partial charge in [0.1, 0.15) is 5.01 Å². The van der Waals surface area contributed by atoms with Gasteiger partial charge in [-0.05, 0) is 51.8 Å². The molecule has 4 heterocycles. The van der Waals surface area contributed by atoms with Crippen molar-refractivity contribution in [2.45, 2.75) is 50.7 Å². The number of aryl methyl sites for hydroxylation is 1. The number of piperidine rings is 1. The van der Waals surface area contributed by atoms with Gasteiger partial charge in [0.25, 0.3) is 5.91 Å². The summed E-state index contributed by atoms with van der Waals surface area (Å²) >= 11 is 1.63. The Morgan fingerprint density at radius 2 is 2.07 bits per heavy atom. The van der Waals surface area contributed by atoms with Crippen molar-refractivity contribution in [1.29, 1.82) is 0 Å². The predicted molar refractivity (Wildman–Crippen MR) is 107 cm³/mol. The molecule has 7 heteroatoms. The average molecular weight is 382 g/mol. The van der Waals surface area contributed by atoms with Gasteiger partial charge in [0.05, 0.1) is 5.52 Å². The van der Waals surface area contributed by atoms with Crippen LogP contribution in [0.5, 0.6) is 0 Å². The number of aromatic amines is 1. The molecule has 27 heavy (non-hydrogen) atoms. The van der Waals surface area contributed by atoms with Crippen LogP contribution >= 0.6 is 11.3 Å². The first-order valence-electron chi connectivity index (χ1n) is 9.52. The second-order valence-corrected chi connectivity index (χ2v) is 8.68. The van der Waals surface area contributed by atoms with Crippen molar-refractivity contribution in [2.75, 3.05) is 7.05 Å². The van der Waals surface area contributed by atoms with Gasteiger partial charge >= 0.3 is 0 Å². The number of amides is 1. The fraction of sp³-hybridized carbons (Fsp3) is 0.450. The summed E-state index contributed by atoms with van der Waals surface area (Å²) in [4.78, 5) is 19.9. The van der Waals surface area contributed by atoms with Gasteiger partial charge < -0.3 is 10.2 Å². The third-order valence-corrected chi connectivity index (χ3v) is 7.09. The van der Waals surface area contributed by atoms with Crippen molar-refractivity contribution in [2.24, 2.45) is 0 Å². The van der Waals surface area contributed by atoms with E-state index in [2.05, 4.69) is 32.4 Å². The molecule has 1 amide bonds. The zero-order valence-electron chi connectivity index (χ0n) is 15.5. The van der Waals surface area contributed by atoms with Gasteiger partial charge in [-0.25, -0.2) is 4.98 Å². The standard InChI is InChI=1S/C20H23N5OS/c1-11-10-27-20(21-11)12-3-6-16-17(7-12)23-24-18(16)19(26)22-13-8-14-4-5-15(9-13)25(14)2/h3,6-7,10,13-15H,4-5,8-9H2,1-2H3,(H,22,26)(H,23,24)/t13-,14+,15-. The summed E-state index contributed by atoms with van der Waals surface area (Å²) in [5.74, 6) is -0.0759. The molecule has 2 N–H and O–H groups in total. The summed E-state index contributed by atoms with van der Waals surface area (Å²) in [5, 5.41) is 14.4. The Balaban J connectivity index is 1.36. The van der Waals surface area contributed by atoms with E-state index in [1.807, 2.05) is 30.5 Å². The number of thiazole rings is 1. The number of carbonyl (C=O) groups excluding carboxylic acids is 1. The van der Waals surface area contributed by atoms with E-state index in [4.69, 9.17) is 0 Å². The lowest BCUT2D eigenvalue weighted by atomic mass is 9.98. The maximum Gasteiger partial charge on any atom is 0.272 e. The van der Waals surface area contributed by atoms with E-state index in [-0.39, 0.29) is 11.9 Å². The molecule has 3 aromatic rings. The van der Waals surface area contributed by atoms with Crippen molar-refractivity contribution in [3.8, 4) is 10.6 Å². The van der Waals surface area contributed by atoms with Crippen LogP contribution in [0.3, 0.4) is 0 Å². The summed E-state index contributed by atoms with van der Waals surface area (Å²) in [6, 6.07) is 7.47. The molecule has 2 bridgehead atoms. The highest BCUT2D eigenvalue weighted by molar-refractivity contribution is 7.13. The predicted octanol–water partition coefficient (Wildman–Crippen LogP) is 3.35. The Kier molecular flexibility index (Phi) is 4.02. The minimum Gasteiger partial charge on any atom is -0.348 e. The maximum absolute atomic E-state index is 12.8. The van der Waals surface area contributed by atoms with Crippen LogP contribution in [0.4, 0.5) is 0 Å². The number of benzene rings is 1. The highest BCUT2D eigenvalue weighted by Crippen LogP contribution is 2.34. The number of H-pyrrole nitrogens is 1. The average Bonchev–Trinajstić information content (AvgIpc) is 3.31. The maximum atomic E-state index is 12.8. The molecule has 1 aromatic carbocycles. The van der Waals surface area contributed by atoms with Gasteiger partial charge in [-0.3, -0.25) is 9.89 Å². The quantitative estimate of drug-likeness (QED) is 0.730. The zero-order valence-corrected chi connectivity index (χ0v) is 16.3. The van der Waals surface area contributed by atoms with Gasteiger partial charge in [-0.15, -0.1) is 11.3 Å². The summed E-state index contributed by atoms with van der Waals surface area (Å²) in [5.41, 5.74) is 3.42. The zero-order chi connectivity index (χ0) is 18.5. The smallest absolute Gasteiger partial charge is 0.272 e. The normalized spacial score (nSPS) is 25.2. The summed E-state index contributed by atoms with van der Waals surface area (Å²) in [6.07, 6.45) is 4.57. The molecule has 2 aromatic heterocycles. The molecule has 0 unspecified atom stereocenters. The second-order valence-electron chi connectivity index (χ2n) is 7.82. The van der Waals surface area contributed by atoms with Crippen molar-refractivity contribution in [3.05, 3.63) is 35.0 Å². The fourth-order valence-corrected chi connectivity index (χ4v) is 5.39. The third kappa shape index (κ3) is 2.95. The third-order valence-electron chi connectivity index (χ3n) is 6.08. The first kappa shape index (κ1) is 16.9. The van der Waals surface area contributed by atoms with Crippen LogP contribution in [-0.2, 0) is 0 Å². The van der Waals surface area contributed by atoms with E-state index < -0.39 is 0 Å². The lowest BCUT2D eigenvalue weighted by molar-refractivity contribution is 0.0879. The van der Waals surface area contributed by atoms with E-state index >= 15 is 0 Å². The topological polar surface area (TPSA) is 73.9 Å². The first-order valence-corrected chi connectivity index (χ1v) is 10.4. The van der Waals surface area contributed by atoms with E-state index in [0.717, 1.165) is 40.0 Å². The second kappa shape index (κ2) is 6.42. The summed E-state index contributed by atoms with van der Waals surface area (Å²) in [6.45, 7) is 1.99. The molecular weight excluding hydrogens is 358 g/mol. The van der Waals surface area contributed by atoms with Crippen molar-refractivity contribution in [1.82, 2.24) is 25.4 Å². The Bertz CT molecular complexity index is 995. The van der Waals surface area contributed by atoms with Gasteiger partial charge in [0, 0.05) is 40.1 Å². The number of carbonyl (C=O) groups is 1. The van der Waals surface area contributed by atoms with Gasteiger partial charge in [-0.2, -0.15) is 5.10 Å². The monoisotopic (exact) mass is 381 g/mol. The van der Waals surface area contributed by atoms with Crippen LogP contribution in [0.1, 0.15) is 41.9 Å². The minimum atomic E-state index is -0.0759. The first-order chi connectivity index (χ1) is 13.1. The fourth-order valence-electron chi connectivity index (χ4n) is 4.60. The SMILES string of the molecule is Cc1csc(-c2ccc3c(C(=O)N[C@H]4C[C@H]5CC[C@@H](C4)N5C)n[nH]c3c2)n1. The van der Waals surface area contributed by atoms with Crippen LogP contribution in [0.25, 0.3) is 21.5 Å². The molecule has 2 aliphatic heterocycles. The molecule has 3 atom stereocenters. The van der Waals surface area contributed by atoms with E-state index in [0.29, 0.717) is 17.8 Å². The molecular formula is C20H23N5OS. The molecule has 5 rings (SSSR count). The number of rotatable bonds is 3. The molecule has 0 radical (unpaired) electrons. The minimum absolute atomic E-state index is 0.0759. The number of hydrogen-bond donors (Lipinski definition) is 2. The van der Waals surface area contributed by atoms with Crippen LogP contribution in [-0.4, -0.2) is 51.2 Å². The summed E-state index contributed by atoms with van der Waals surface area (Å²) < 4.78 is 0. The Morgan fingerprint density at radius 3 is 2.78 bits per heavy atom. The molecule has 2 aliphatic rings. The lowest BCUT2D eigenvalue weighted by Crippen LogP contribution is -2.48. The highest BCUT2D eigenvalue weighted by Gasteiger charge is 2.39. The highest BCUT2D eigenvalue weighted by atomic mass is 32.1. The van der Waals surface area contributed by atoms with Crippen LogP contribution in [0.2, 0.25) is 0 Å². The molecule has 0 aliphatic carbocycles. The number of aromatic nitrogens is 3. The summed E-state index contributed by atoms with van der Waals surface area (Å²) in [7, 11) is 2.21. The van der Waals surface area contributed by atoms with E-state index in [1.54, 1.807) is 11.3 Å². The number of nitrogens with one attached hydrogen (secondary N) is 2. The van der Waals surface area contributed by atoms with E-state index in [9.17, 15) is 4.79 Å². The van der Waals surface area contributed by atoms with Crippen molar-refractivity contribution < 1.29 is 4.79 Å². The largest absolute Gasteiger partial charge is 0.348 e. The molecule has 2 fully saturated rings. The Morgan fingerprint density at radius 1 is 1.30 bits per heavy atom. The molecule has 0 spiro atoms. The lowest BCUT2D eigenvalue weighted by Gasteiger charge is -2.36.